The van der Waals surface area contributed by atoms with Gasteiger partial charge in [-0.1, -0.05) is 11.3 Å². The molecule has 0 spiro atoms. The number of carbonyl (C=O) groups is 2. The summed E-state index contributed by atoms with van der Waals surface area (Å²) in [6, 6.07) is 0. The van der Waals surface area contributed by atoms with E-state index in [1.165, 1.54) is 16.2 Å². The first-order chi connectivity index (χ1) is 8.15. The summed E-state index contributed by atoms with van der Waals surface area (Å²) in [6.45, 7) is 0.291. The van der Waals surface area contributed by atoms with Crippen LogP contribution in [-0.2, 0) is 11.2 Å². The topological polar surface area (TPSA) is 70.5 Å². The number of fused-ring (bicyclic) bond motifs is 1. The number of amides is 1. The molecule has 5 nitrogen and oxygen atoms in total. The van der Waals surface area contributed by atoms with E-state index in [2.05, 4.69) is 4.98 Å². The van der Waals surface area contributed by atoms with Crippen molar-refractivity contribution in [2.45, 2.75) is 31.8 Å². The van der Waals surface area contributed by atoms with Gasteiger partial charge >= 0.3 is 0 Å². The van der Waals surface area contributed by atoms with Gasteiger partial charge in [-0.25, -0.2) is 4.98 Å². The molecule has 3 rings (SSSR count). The number of aliphatic hydroxyl groups excluding tert-OH is 1. The van der Waals surface area contributed by atoms with Gasteiger partial charge in [0.2, 0.25) is 5.91 Å². The largest absolute Gasteiger partial charge is 0.391 e. The monoisotopic (exact) mass is 252 g/mol. The van der Waals surface area contributed by atoms with E-state index in [-0.39, 0.29) is 18.1 Å². The molecule has 1 saturated heterocycles. The number of hydrogen-bond donors (Lipinski definition) is 1. The van der Waals surface area contributed by atoms with Crippen molar-refractivity contribution in [1.82, 2.24) is 4.98 Å². The van der Waals surface area contributed by atoms with Crippen LogP contribution in [0.2, 0.25) is 0 Å². The molecule has 1 aliphatic carbocycles. The highest BCUT2D eigenvalue weighted by molar-refractivity contribution is 7.17. The van der Waals surface area contributed by atoms with Crippen molar-refractivity contribution in [3.63, 3.8) is 0 Å². The summed E-state index contributed by atoms with van der Waals surface area (Å²) in [5, 5.41) is 10.00. The molecule has 90 valence electrons. The van der Waals surface area contributed by atoms with Crippen LogP contribution in [0, 0.1) is 0 Å². The lowest BCUT2D eigenvalue weighted by molar-refractivity contribution is -0.117. The van der Waals surface area contributed by atoms with Crippen molar-refractivity contribution in [1.29, 1.82) is 0 Å². The van der Waals surface area contributed by atoms with Gasteiger partial charge in [0.15, 0.2) is 10.9 Å². The first-order valence-corrected chi connectivity index (χ1v) is 6.48. The maximum Gasteiger partial charge on any atom is 0.231 e. The molecule has 17 heavy (non-hydrogen) atoms. The van der Waals surface area contributed by atoms with Crippen molar-refractivity contribution in [3.05, 3.63) is 10.6 Å². The van der Waals surface area contributed by atoms with Gasteiger partial charge in [0, 0.05) is 6.42 Å². The van der Waals surface area contributed by atoms with Gasteiger partial charge in [-0.3, -0.25) is 14.5 Å². The molecule has 1 aromatic rings. The lowest BCUT2D eigenvalue weighted by Crippen LogP contribution is -2.25. The number of aliphatic hydroxyl groups is 1. The van der Waals surface area contributed by atoms with E-state index in [1.54, 1.807) is 0 Å². The summed E-state index contributed by atoms with van der Waals surface area (Å²) in [4.78, 5) is 29.8. The third-order valence-corrected chi connectivity index (χ3v) is 4.25. The third kappa shape index (κ3) is 1.77. The maximum absolute atomic E-state index is 11.7. The molecular weight excluding hydrogens is 240 g/mol. The van der Waals surface area contributed by atoms with Crippen LogP contribution in [0.4, 0.5) is 5.13 Å². The van der Waals surface area contributed by atoms with Crippen molar-refractivity contribution in [3.8, 4) is 0 Å². The Kier molecular flexibility index (Phi) is 2.48. The van der Waals surface area contributed by atoms with Gasteiger partial charge in [-0.15, -0.1) is 0 Å². The molecule has 1 N–H and O–H groups in total. The fraction of sp³-hybridized carbons (Fsp3) is 0.545. The molecule has 1 aromatic heterocycles. The van der Waals surface area contributed by atoms with Gasteiger partial charge in [0.05, 0.1) is 29.6 Å². The molecule has 2 heterocycles. The molecular formula is C11H12N2O3S. The van der Waals surface area contributed by atoms with Gasteiger partial charge in [0.1, 0.15) is 0 Å². The Morgan fingerprint density at radius 2 is 2.18 bits per heavy atom. The second-order valence-corrected chi connectivity index (χ2v) is 5.39. The molecule has 0 aromatic carbocycles. The molecule has 0 saturated carbocycles. The van der Waals surface area contributed by atoms with Crippen LogP contribution in [0.3, 0.4) is 0 Å². The molecule has 0 radical (unpaired) electrons. The predicted molar refractivity (Wildman–Crippen MR) is 62.4 cm³/mol. The van der Waals surface area contributed by atoms with E-state index < -0.39 is 6.10 Å². The van der Waals surface area contributed by atoms with Crippen LogP contribution in [-0.4, -0.2) is 34.4 Å². The molecule has 2 aliphatic rings. The zero-order chi connectivity index (χ0) is 12.0. The molecule has 6 heteroatoms. The first kappa shape index (κ1) is 10.9. The van der Waals surface area contributed by atoms with Crippen molar-refractivity contribution >= 4 is 28.2 Å². The van der Waals surface area contributed by atoms with Crippen molar-refractivity contribution in [2.24, 2.45) is 0 Å². The fourth-order valence-electron chi connectivity index (χ4n) is 2.25. The Morgan fingerprint density at radius 3 is 2.82 bits per heavy atom. The number of thiazole rings is 1. The number of ketones is 1. The van der Waals surface area contributed by atoms with Gasteiger partial charge in [0.25, 0.3) is 0 Å². The summed E-state index contributed by atoms with van der Waals surface area (Å²) >= 11 is 1.28. The van der Waals surface area contributed by atoms with Gasteiger partial charge in [-0.2, -0.15) is 0 Å². The SMILES string of the molecule is O=C1CCCc2nc(N3CC(O)CC3=O)sc21. The number of anilines is 1. The van der Waals surface area contributed by atoms with Gasteiger partial charge in [-0.05, 0) is 12.8 Å². The summed E-state index contributed by atoms with van der Waals surface area (Å²) < 4.78 is 0. The lowest BCUT2D eigenvalue weighted by Gasteiger charge is -2.10. The van der Waals surface area contributed by atoms with Crippen molar-refractivity contribution in [2.75, 3.05) is 11.4 Å². The number of Topliss-reactive ketones (excluding diaryl/α,β-unsaturated/α-hetero) is 1. The smallest absolute Gasteiger partial charge is 0.231 e. The molecule has 1 fully saturated rings. The quantitative estimate of drug-likeness (QED) is 0.801. The number of β-amino-alcohol motifs (C(OH)–C–C–N with tert-alkyl or cyclic N) is 1. The molecule has 1 amide bonds. The minimum absolute atomic E-state index is 0.115. The van der Waals surface area contributed by atoms with E-state index in [1.807, 2.05) is 0 Å². The zero-order valence-electron chi connectivity index (χ0n) is 9.18. The second kappa shape index (κ2) is 3.89. The second-order valence-electron chi connectivity index (χ2n) is 4.41. The molecule has 1 unspecified atom stereocenters. The van der Waals surface area contributed by atoms with E-state index in [0.717, 1.165) is 18.5 Å². The van der Waals surface area contributed by atoms with Gasteiger partial charge < -0.3 is 5.11 Å². The summed E-state index contributed by atoms with van der Waals surface area (Å²) in [5.41, 5.74) is 0.815. The summed E-state index contributed by atoms with van der Waals surface area (Å²) in [5.74, 6) is 0.0123. The summed E-state index contributed by atoms with van der Waals surface area (Å²) in [7, 11) is 0. The van der Waals surface area contributed by atoms with E-state index in [9.17, 15) is 14.7 Å². The number of nitrogens with zero attached hydrogens (tertiary/aromatic N) is 2. The van der Waals surface area contributed by atoms with Crippen LogP contribution < -0.4 is 4.90 Å². The highest BCUT2D eigenvalue weighted by atomic mass is 32.1. The van der Waals surface area contributed by atoms with E-state index >= 15 is 0 Å². The third-order valence-electron chi connectivity index (χ3n) is 3.09. The van der Waals surface area contributed by atoms with Crippen LogP contribution in [0.5, 0.6) is 0 Å². The lowest BCUT2D eigenvalue weighted by atomic mass is 10.0. The Hall–Kier alpha value is -1.27. The normalized spacial score (nSPS) is 24.3. The van der Waals surface area contributed by atoms with Crippen LogP contribution in [0.1, 0.15) is 34.6 Å². The minimum atomic E-state index is -0.612. The Labute approximate surface area is 102 Å². The molecule has 0 bridgehead atoms. The fourth-order valence-corrected chi connectivity index (χ4v) is 3.35. The standard InChI is InChI=1S/C11H12N2O3S/c14-6-4-9(16)13(5-6)11-12-7-2-1-3-8(15)10(7)17-11/h6,14H,1-5H2. The first-order valence-electron chi connectivity index (χ1n) is 5.66. The maximum atomic E-state index is 11.7. The van der Waals surface area contributed by atoms with Crippen LogP contribution >= 0.6 is 11.3 Å². The number of aromatic nitrogens is 1. The van der Waals surface area contributed by atoms with Crippen LogP contribution in [0.15, 0.2) is 0 Å². The van der Waals surface area contributed by atoms with E-state index in [0.29, 0.717) is 23.0 Å². The number of aryl methyl sites for hydroxylation is 1. The average molecular weight is 252 g/mol. The highest BCUT2D eigenvalue weighted by Crippen LogP contribution is 2.33. The predicted octanol–water partition coefficient (Wildman–Crippen LogP) is 0.760. The number of hydrogen-bond acceptors (Lipinski definition) is 5. The molecule has 1 atom stereocenters. The number of rotatable bonds is 1. The Balaban J connectivity index is 1.94. The Bertz CT molecular complexity index is 497. The average Bonchev–Trinajstić information content (AvgIpc) is 2.82. The highest BCUT2D eigenvalue weighted by Gasteiger charge is 2.33. The van der Waals surface area contributed by atoms with E-state index in [4.69, 9.17) is 0 Å². The van der Waals surface area contributed by atoms with Crippen LogP contribution in [0.25, 0.3) is 0 Å². The number of carbonyl (C=O) groups excluding carboxylic acids is 2. The molecule has 1 aliphatic heterocycles. The minimum Gasteiger partial charge on any atom is -0.391 e. The van der Waals surface area contributed by atoms with Crippen molar-refractivity contribution < 1.29 is 14.7 Å². The Morgan fingerprint density at radius 1 is 1.35 bits per heavy atom. The zero-order valence-corrected chi connectivity index (χ0v) is 10.00. The summed E-state index contributed by atoms with van der Waals surface area (Å²) in [6.07, 6.45) is 1.76.